The molecule has 0 fully saturated rings. The molecule has 4 heterocycles. The topological polar surface area (TPSA) is 120 Å². The summed E-state index contributed by atoms with van der Waals surface area (Å²) in [5.74, 6) is -1.21. The molecule has 6 rings (SSSR count). The molecule has 2 aromatic carbocycles. The minimum atomic E-state index is -0.626. The zero-order chi connectivity index (χ0) is 31.3. The molecule has 0 saturated heterocycles. The van der Waals surface area contributed by atoms with Gasteiger partial charge in [-0.2, -0.15) is 0 Å². The highest BCUT2D eigenvalue weighted by Crippen LogP contribution is 2.47. The van der Waals surface area contributed by atoms with Crippen LogP contribution in [0.1, 0.15) is 65.1 Å². The van der Waals surface area contributed by atoms with E-state index in [1.165, 1.54) is 32.1 Å². The van der Waals surface area contributed by atoms with Crippen molar-refractivity contribution >= 4 is 40.3 Å². The molecule has 0 saturated carbocycles. The largest absolute Gasteiger partial charge is 0.465 e. The van der Waals surface area contributed by atoms with Crippen molar-refractivity contribution in [1.29, 1.82) is 0 Å². The first-order valence-electron chi connectivity index (χ1n) is 14.5. The Bertz CT molecular complexity index is 1840. The molecule has 10 heteroatoms. The van der Waals surface area contributed by atoms with Crippen LogP contribution in [0.15, 0.2) is 70.4 Å². The highest BCUT2D eigenvalue weighted by molar-refractivity contribution is 6.11. The molecule has 1 unspecified atom stereocenters. The van der Waals surface area contributed by atoms with Gasteiger partial charge in [0.1, 0.15) is 11.5 Å². The number of methoxy groups -OCH3 is 2. The van der Waals surface area contributed by atoms with Crippen LogP contribution in [-0.4, -0.2) is 54.0 Å². The lowest BCUT2D eigenvalue weighted by atomic mass is 9.88. The molecular weight excluding hydrogens is 562 g/mol. The number of carbonyl (C=O) groups excluding carboxylic acids is 4. The average Bonchev–Trinajstić information content (AvgIpc) is 3.70. The Morgan fingerprint density at radius 3 is 2.36 bits per heavy atom. The van der Waals surface area contributed by atoms with Crippen LogP contribution in [0.2, 0.25) is 0 Å². The number of furan rings is 1. The smallest absolute Gasteiger partial charge is 0.337 e. The number of aryl methyl sites for hydroxylation is 1. The van der Waals surface area contributed by atoms with Crippen LogP contribution in [0, 0.1) is 5.92 Å². The van der Waals surface area contributed by atoms with E-state index in [9.17, 15) is 19.2 Å². The van der Waals surface area contributed by atoms with E-state index in [0.29, 0.717) is 34.3 Å². The number of anilines is 1. The predicted octanol–water partition coefficient (Wildman–Crippen LogP) is 5.72. The number of benzene rings is 2. The minimum absolute atomic E-state index is 0.130. The third-order valence-electron chi connectivity index (χ3n) is 8.24. The molecule has 4 aromatic rings. The minimum Gasteiger partial charge on any atom is -0.465 e. The second-order valence-corrected chi connectivity index (χ2v) is 11.5. The highest BCUT2D eigenvalue weighted by Gasteiger charge is 2.43. The van der Waals surface area contributed by atoms with E-state index >= 15 is 0 Å². The van der Waals surface area contributed by atoms with Gasteiger partial charge in [0.05, 0.1) is 48.9 Å². The van der Waals surface area contributed by atoms with Crippen molar-refractivity contribution in [3.05, 3.63) is 88.4 Å². The second kappa shape index (κ2) is 11.2. The number of amides is 2. The van der Waals surface area contributed by atoms with E-state index in [4.69, 9.17) is 13.9 Å². The van der Waals surface area contributed by atoms with Gasteiger partial charge in [-0.05, 0) is 60.4 Å². The van der Waals surface area contributed by atoms with Crippen LogP contribution in [0.4, 0.5) is 5.69 Å². The van der Waals surface area contributed by atoms with Crippen LogP contribution in [0.5, 0.6) is 0 Å². The fourth-order valence-electron chi connectivity index (χ4n) is 6.06. The van der Waals surface area contributed by atoms with Gasteiger partial charge in [0.25, 0.3) is 5.91 Å². The van der Waals surface area contributed by atoms with Crippen molar-refractivity contribution in [1.82, 2.24) is 9.47 Å². The SMILES string of the molecule is COC(=O)c1cc(C(=O)OC)cc(-c2ccc(C3C4=C(CN(C(C)=O)C4=O)Nc4cccc5c4c3cn5CCC(C)C)o2)c1. The molecule has 2 aliphatic rings. The Balaban J connectivity index is 1.53. The number of esters is 2. The van der Waals surface area contributed by atoms with Crippen LogP contribution in [0.3, 0.4) is 0 Å². The Hall–Kier alpha value is -5.12. The van der Waals surface area contributed by atoms with Gasteiger partial charge in [0.2, 0.25) is 5.91 Å². The fraction of sp³-hybridized carbons (Fsp3) is 0.294. The van der Waals surface area contributed by atoms with Gasteiger partial charge in [-0.3, -0.25) is 14.5 Å². The van der Waals surface area contributed by atoms with Crippen LogP contribution < -0.4 is 5.32 Å². The molecule has 0 radical (unpaired) electrons. The van der Waals surface area contributed by atoms with Gasteiger partial charge in [0, 0.05) is 42.0 Å². The van der Waals surface area contributed by atoms with E-state index in [2.05, 4.69) is 36.0 Å². The molecular formula is C34H33N3O7. The lowest BCUT2D eigenvalue weighted by molar-refractivity contribution is -0.139. The summed E-state index contributed by atoms with van der Waals surface area (Å²) >= 11 is 0. The van der Waals surface area contributed by atoms with Crippen molar-refractivity contribution in [2.24, 2.45) is 5.92 Å². The molecule has 44 heavy (non-hydrogen) atoms. The zero-order valence-electron chi connectivity index (χ0n) is 25.2. The Labute approximate surface area is 254 Å². The summed E-state index contributed by atoms with van der Waals surface area (Å²) in [4.78, 5) is 52.4. The van der Waals surface area contributed by atoms with Crippen LogP contribution in [0.25, 0.3) is 22.2 Å². The Morgan fingerprint density at radius 2 is 1.73 bits per heavy atom. The molecule has 2 aliphatic heterocycles. The predicted molar refractivity (Wildman–Crippen MR) is 163 cm³/mol. The van der Waals surface area contributed by atoms with E-state index in [1.54, 1.807) is 24.3 Å². The van der Waals surface area contributed by atoms with Gasteiger partial charge < -0.3 is 23.8 Å². The van der Waals surface area contributed by atoms with Crippen molar-refractivity contribution in [2.75, 3.05) is 26.1 Å². The van der Waals surface area contributed by atoms with Gasteiger partial charge in [-0.25, -0.2) is 9.59 Å². The van der Waals surface area contributed by atoms with Gasteiger partial charge in [-0.1, -0.05) is 19.9 Å². The maximum absolute atomic E-state index is 13.8. The van der Waals surface area contributed by atoms with Gasteiger partial charge in [-0.15, -0.1) is 0 Å². The molecule has 10 nitrogen and oxygen atoms in total. The second-order valence-electron chi connectivity index (χ2n) is 11.5. The number of carbonyl (C=O) groups is 4. The van der Waals surface area contributed by atoms with Crippen molar-refractivity contribution in [2.45, 2.75) is 39.7 Å². The van der Waals surface area contributed by atoms with Gasteiger partial charge in [0.15, 0.2) is 0 Å². The maximum atomic E-state index is 13.8. The Kier molecular flexibility index (Phi) is 7.36. The summed E-state index contributed by atoms with van der Waals surface area (Å²) in [6.45, 7) is 6.67. The summed E-state index contributed by atoms with van der Waals surface area (Å²) in [6, 6.07) is 14.1. The molecule has 2 amide bonds. The Morgan fingerprint density at radius 1 is 1.02 bits per heavy atom. The number of aromatic nitrogens is 1. The summed E-state index contributed by atoms with van der Waals surface area (Å²) in [6.07, 6.45) is 3.05. The third-order valence-corrected chi connectivity index (χ3v) is 8.24. The standard InChI is InChI=1S/C34H33N3O7/c1-18(2)11-12-36-16-23-29-24(7-6-8-26(29)36)35-25-17-37(19(3)38)32(39)31(25)30(23)28-10-9-27(44-28)20-13-21(33(40)42-4)15-22(14-20)34(41)43-5/h6-10,13-16,18,30,35H,11-12,17H2,1-5H3. The first kappa shape index (κ1) is 29.0. The summed E-state index contributed by atoms with van der Waals surface area (Å²) in [5.41, 5.74) is 4.65. The normalized spacial score (nSPS) is 15.8. The van der Waals surface area contributed by atoms with Crippen LogP contribution in [-0.2, 0) is 25.6 Å². The van der Waals surface area contributed by atoms with Gasteiger partial charge >= 0.3 is 11.9 Å². The zero-order valence-corrected chi connectivity index (χ0v) is 25.2. The number of imide groups is 1. The summed E-state index contributed by atoms with van der Waals surface area (Å²) < 4.78 is 18.5. The molecule has 1 N–H and O–H groups in total. The van der Waals surface area contributed by atoms with E-state index < -0.39 is 17.9 Å². The lowest BCUT2D eigenvalue weighted by Crippen LogP contribution is -2.33. The molecule has 226 valence electrons. The molecule has 1 atom stereocenters. The maximum Gasteiger partial charge on any atom is 0.337 e. The summed E-state index contributed by atoms with van der Waals surface area (Å²) in [5, 5.41) is 4.46. The molecule has 2 aromatic heterocycles. The molecule has 0 aliphatic carbocycles. The number of ether oxygens (including phenoxy) is 2. The molecule has 0 spiro atoms. The average molecular weight is 596 g/mol. The quantitative estimate of drug-likeness (QED) is 0.270. The highest BCUT2D eigenvalue weighted by atomic mass is 16.5. The number of nitrogens with one attached hydrogen (secondary N) is 1. The number of rotatable bonds is 7. The number of hydrogen-bond acceptors (Lipinski definition) is 8. The fourth-order valence-corrected chi connectivity index (χ4v) is 6.06. The van der Waals surface area contributed by atoms with Crippen molar-refractivity contribution in [3.8, 4) is 11.3 Å². The first-order chi connectivity index (χ1) is 21.1. The summed E-state index contributed by atoms with van der Waals surface area (Å²) in [7, 11) is 2.52. The number of hydrogen-bond donors (Lipinski definition) is 1. The van der Waals surface area contributed by atoms with E-state index in [-0.39, 0.29) is 29.5 Å². The molecule has 0 bridgehead atoms. The van der Waals surface area contributed by atoms with Crippen molar-refractivity contribution < 1.29 is 33.1 Å². The first-order valence-corrected chi connectivity index (χ1v) is 14.5. The van der Waals surface area contributed by atoms with Crippen molar-refractivity contribution in [3.63, 3.8) is 0 Å². The third kappa shape index (κ3) is 4.86. The monoisotopic (exact) mass is 595 g/mol. The number of nitrogens with zero attached hydrogens (tertiary/aromatic N) is 2. The van der Waals surface area contributed by atoms with E-state index in [1.807, 2.05) is 12.1 Å². The van der Waals surface area contributed by atoms with Crippen LogP contribution >= 0.6 is 0 Å². The lowest BCUT2D eigenvalue weighted by Gasteiger charge is -2.17. The van der Waals surface area contributed by atoms with E-state index in [0.717, 1.165) is 35.1 Å².